The van der Waals surface area contributed by atoms with Crippen LogP contribution in [0.2, 0.25) is 0 Å². The maximum atomic E-state index is 12.2. The molecule has 0 radical (unpaired) electrons. The van der Waals surface area contributed by atoms with Crippen LogP contribution < -0.4 is 5.73 Å². The first-order valence-corrected chi connectivity index (χ1v) is 13.3. The van der Waals surface area contributed by atoms with Crippen LogP contribution in [-0.2, 0) is 23.9 Å². The number of carbonyl (C=O) groups is 4. The number of esters is 1. The van der Waals surface area contributed by atoms with Gasteiger partial charge in [-0.1, -0.05) is 88.4 Å². The van der Waals surface area contributed by atoms with Crippen molar-refractivity contribution in [3.05, 3.63) is 71.8 Å². The van der Waals surface area contributed by atoms with Gasteiger partial charge in [0.1, 0.15) is 0 Å². The Bertz CT molecular complexity index is 1130. The van der Waals surface area contributed by atoms with E-state index in [4.69, 9.17) is 5.73 Å². The Balaban J connectivity index is 0.000000422. The number of halogens is 3. The maximum Gasteiger partial charge on any atom is 0.422 e. The van der Waals surface area contributed by atoms with Gasteiger partial charge >= 0.3 is 29.9 Å². The summed E-state index contributed by atoms with van der Waals surface area (Å²) in [5.41, 5.74) is 6.87. The normalized spacial score (nSPS) is 12.6. The van der Waals surface area contributed by atoms with E-state index in [2.05, 4.69) is 4.74 Å². The van der Waals surface area contributed by atoms with Crippen molar-refractivity contribution in [3.8, 4) is 0 Å². The van der Waals surface area contributed by atoms with Crippen LogP contribution >= 0.6 is 0 Å². The van der Waals surface area contributed by atoms with E-state index in [1.165, 1.54) is 9.80 Å². The SMILES string of the molecule is CC(C)CN(C(=O)C(=O)OCC(F)(F)F)C(C)c1ccccc1.CC(C)CN(C(=O)C(N)=O)C(C)c1ccccc1. The third-order valence-corrected chi connectivity index (χ3v) is 5.90. The minimum Gasteiger partial charge on any atom is -0.449 e. The predicted molar refractivity (Wildman–Crippen MR) is 149 cm³/mol. The lowest BCUT2D eigenvalue weighted by molar-refractivity contribution is -0.190. The molecule has 41 heavy (non-hydrogen) atoms. The van der Waals surface area contributed by atoms with E-state index >= 15 is 0 Å². The summed E-state index contributed by atoms with van der Waals surface area (Å²) < 4.78 is 40.4. The van der Waals surface area contributed by atoms with Gasteiger partial charge in [-0.25, -0.2) is 4.79 Å². The second kappa shape index (κ2) is 16.4. The molecule has 3 amide bonds. The summed E-state index contributed by atoms with van der Waals surface area (Å²) in [4.78, 5) is 49.5. The number of hydrogen-bond acceptors (Lipinski definition) is 5. The van der Waals surface area contributed by atoms with Crippen LogP contribution in [0.25, 0.3) is 0 Å². The van der Waals surface area contributed by atoms with E-state index in [0.717, 1.165) is 11.1 Å². The second-order valence-electron chi connectivity index (χ2n) is 10.4. The van der Waals surface area contributed by atoms with Crippen molar-refractivity contribution in [2.45, 2.75) is 59.8 Å². The number of benzene rings is 2. The van der Waals surface area contributed by atoms with Crippen LogP contribution in [-0.4, -0.2) is 59.4 Å². The predicted octanol–water partition coefficient (Wildman–Crippen LogP) is 5.06. The van der Waals surface area contributed by atoms with Gasteiger partial charge in [0, 0.05) is 13.1 Å². The summed E-state index contributed by atoms with van der Waals surface area (Å²) in [6, 6.07) is 17.9. The maximum absolute atomic E-state index is 12.2. The number of amides is 3. The molecule has 0 saturated carbocycles. The van der Waals surface area contributed by atoms with Gasteiger partial charge in [0.05, 0.1) is 12.1 Å². The Morgan fingerprint density at radius 3 is 1.39 bits per heavy atom. The Kier molecular flexibility index (Phi) is 14.0. The van der Waals surface area contributed by atoms with Crippen LogP contribution in [0.15, 0.2) is 60.7 Å². The molecule has 0 saturated heterocycles. The smallest absolute Gasteiger partial charge is 0.422 e. The zero-order valence-electron chi connectivity index (χ0n) is 24.4. The van der Waals surface area contributed by atoms with Gasteiger partial charge in [0.15, 0.2) is 6.61 Å². The van der Waals surface area contributed by atoms with E-state index in [-0.39, 0.29) is 24.4 Å². The van der Waals surface area contributed by atoms with Crippen LogP contribution in [0.4, 0.5) is 13.2 Å². The van der Waals surface area contributed by atoms with Crippen LogP contribution in [0.3, 0.4) is 0 Å². The average Bonchev–Trinajstić information content (AvgIpc) is 2.92. The number of ether oxygens (including phenoxy) is 1. The highest BCUT2D eigenvalue weighted by Gasteiger charge is 2.34. The molecular formula is C30H40F3N3O5. The molecule has 0 heterocycles. The molecule has 2 N–H and O–H groups in total. The molecule has 2 rings (SSSR count). The van der Waals surface area contributed by atoms with Crippen molar-refractivity contribution in [2.24, 2.45) is 17.6 Å². The summed E-state index contributed by atoms with van der Waals surface area (Å²) in [5.74, 6) is -3.77. The summed E-state index contributed by atoms with van der Waals surface area (Å²) in [5, 5.41) is 0. The van der Waals surface area contributed by atoms with Gasteiger partial charge in [0.25, 0.3) is 0 Å². The number of alkyl halides is 3. The summed E-state index contributed by atoms with van der Waals surface area (Å²) in [6.07, 6.45) is -4.66. The molecule has 0 aliphatic carbocycles. The molecule has 0 fully saturated rings. The molecule has 2 unspecified atom stereocenters. The lowest BCUT2D eigenvalue weighted by Gasteiger charge is -2.30. The largest absolute Gasteiger partial charge is 0.449 e. The van der Waals surface area contributed by atoms with Crippen LogP contribution in [0, 0.1) is 11.8 Å². The monoisotopic (exact) mass is 579 g/mol. The summed E-state index contributed by atoms with van der Waals surface area (Å²) in [7, 11) is 0. The summed E-state index contributed by atoms with van der Waals surface area (Å²) in [6.45, 7) is 10.3. The first-order chi connectivity index (χ1) is 19.0. The van der Waals surface area contributed by atoms with E-state index in [1.807, 2.05) is 71.0 Å². The number of hydrogen-bond donors (Lipinski definition) is 1. The summed E-state index contributed by atoms with van der Waals surface area (Å²) >= 11 is 0. The zero-order valence-corrected chi connectivity index (χ0v) is 24.4. The molecule has 0 spiro atoms. The lowest BCUT2D eigenvalue weighted by Crippen LogP contribution is -2.43. The number of primary amides is 1. The van der Waals surface area contributed by atoms with E-state index in [0.29, 0.717) is 6.54 Å². The van der Waals surface area contributed by atoms with Crippen molar-refractivity contribution in [1.29, 1.82) is 0 Å². The second-order valence-corrected chi connectivity index (χ2v) is 10.4. The standard InChI is InChI=1S/C16H20F3NO3.C14H20N2O2/c1-11(2)9-20(12(3)13-7-5-4-6-8-13)14(21)15(22)23-10-16(17,18)19;1-10(2)9-16(14(18)13(15)17)11(3)12-7-5-4-6-8-12/h4-8,11-12H,9-10H2,1-3H3;4-8,10-11H,9H2,1-3H3,(H2,15,17). The third-order valence-electron chi connectivity index (χ3n) is 5.90. The fraction of sp³-hybridized carbons (Fsp3) is 0.467. The van der Waals surface area contributed by atoms with Crippen LogP contribution in [0.5, 0.6) is 0 Å². The van der Waals surface area contributed by atoms with Crippen LogP contribution in [0.1, 0.15) is 64.8 Å². The Labute approximate surface area is 239 Å². The highest BCUT2D eigenvalue weighted by Crippen LogP contribution is 2.23. The quantitative estimate of drug-likeness (QED) is 0.330. The molecule has 0 aromatic heterocycles. The topological polar surface area (TPSA) is 110 Å². The van der Waals surface area contributed by atoms with E-state index < -0.39 is 42.5 Å². The van der Waals surface area contributed by atoms with Gasteiger partial charge in [-0.05, 0) is 36.8 Å². The zero-order chi connectivity index (χ0) is 31.3. The molecule has 0 aliphatic heterocycles. The molecule has 2 aromatic carbocycles. The Hall–Kier alpha value is -3.89. The Morgan fingerprint density at radius 1 is 0.707 bits per heavy atom. The number of carbonyl (C=O) groups excluding carboxylic acids is 4. The van der Waals surface area contributed by atoms with Gasteiger partial charge in [0.2, 0.25) is 0 Å². The lowest BCUT2D eigenvalue weighted by atomic mass is 10.1. The highest BCUT2D eigenvalue weighted by molar-refractivity contribution is 6.34. The van der Waals surface area contributed by atoms with E-state index in [9.17, 15) is 32.3 Å². The number of rotatable bonds is 9. The molecule has 11 heteroatoms. The molecular weight excluding hydrogens is 539 g/mol. The molecule has 0 bridgehead atoms. The van der Waals surface area contributed by atoms with Crippen molar-refractivity contribution in [1.82, 2.24) is 9.80 Å². The third kappa shape index (κ3) is 12.4. The fourth-order valence-corrected chi connectivity index (χ4v) is 3.91. The van der Waals surface area contributed by atoms with Gasteiger partial charge in [-0.3, -0.25) is 14.4 Å². The van der Waals surface area contributed by atoms with Crippen molar-refractivity contribution in [3.63, 3.8) is 0 Å². The number of nitrogens with two attached hydrogens (primary N) is 1. The van der Waals surface area contributed by atoms with Crippen molar-refractivity contribution in [2.75, 3.05) is 19.7 Å². The van der Waals surface area contributed by atoms with Crippen molar-refractivity contribution >= 4 is 23.7 Å². The van der Waals surface area contributed by atoms with Crippen molar-refractivity contribution < 1.29 is 37.1 Å². The average molecular weight is 580 g/mol. The molecule has 2 aromatic rings. The first kappa shape index (κ1) is 35.1. The van der Waals surface area contributed by atoms with Gasteiger partial charge < -0.3 is 20.3 Å². The molecule has 8 nitrogen and oxygen atoms in total. The molecule has 226 valence electrons. The first-order valence-electron chi connectivity index (χ1n) is 13.3. The molecule has 0 aliphatic rings. The minimum atomic E-state index is -4.66. The van der Waals surface area contributed by atoms with Gasteiger partial charge in [-0.15, -0.1) is 0 Å². The Morgan fingerprint density at radius 2 is 1.07 bits per heavy atom. The fourth-order valence-electron chi connectivity index (χ4n) is 3.91. The highest BCUT2D eigenvalue weighted by atomic mass is 19.4. The van der Waals surface area contributed by atoms with E-state index in [1.54, 1.807) is 31.2 Å². The number of nitrogens with zero attached hydrogens (tertiary/aromatic N) is 2. The van der Waals surface area contributed by atoms with Gasteiger partial charge in [-0.2, -0.15) is 13.2 Å². The molecule has 2 atom stereocenters. The minimum absolute atomic E-state index is 0.0422.